The first-order valence-corrected chi connectivity index (χ1v) is 7.64. The zero-order valence-electron chi connectivity index (χ0n) is 12.9. The van der Waals surface area contributed by atoms with Crippen molar-refractivity contribution in [2.45, 2.75) is 19.2 Å². The maximum absolute atomic E-state index is 12.8. The summed E-state index contributed by atoms with van der Waals surface area (Å²) < 4.78 is 41.6. The normalized spacial score (nSPS) is 14.6. The zero-order valence-corrected chi connectivity index (χ0v) is 12.9. The summed E-state index contributed by atoms with van der Waals surface area (Å²) in [4.78, 5) is 17.3. The summed E-state index contributed by atoms with van der Waals surface area (Å²) in [6.07, 6.45) is -1.64. The van der Waals surface area contributed by atoms with E-state index >= 15 is 0 Å². The van der Waals surface area contributed by atoms with Crippen molar-refractivity contribution in [1.82, 2.24) is 15.2 Å². The smallest absolute Gasteiger partial charge is 0.405 e. The summed E-state index contributed by atoms with van der Waals surface area (Å²) in [5.74, 6) is -0.667. The third-order valence-electron chi connectivity index (χ3n) is 4.12. The summed E-state index contributed by atoms with van der Waals surface area (Å²) in [6, 6.07) is 5.62. The molecule has 2 aromatic heterocycles. The molecule has 0 spiro atoms. The lowest BCUT2D eigenvalue weighted by Gasteiger charge is -2.25. The number of aryl methyl sites for hydroxylation is 1. The van der Waals surface area contributed by atoms with Crippen LogP contribution in [0.4, 0.5) is 18.9 Å². The van der Waals surface area contributed by atoms with Gasteiger partial charge in [0.25, 0.3) is 5.91 Å². The van der Waals surface area contributed by atoms with E-state index in [1.807, 2.05) is 0 Å². The minimum Gasteiger partial charge on any atom is -0.405 e. The number of benzene rings is 1. The number of amides is 1. The van der Waals surface area contributed by atoms with E-state index in [2.05, 4.69) is 19.9 Å². The van der Waals surface area contributed by atoms with Crippen molar-refractivity contribution in [3.63, 3.8) is 0 Å². The van der Waals surface area contributed by atoms with Crippen LogP contribution in [0, 0.1) is 0 Å². The van der Waals surface area contributed by atoms with Crippen LogP contribution in [0.2, 0.25) is 0 Å². The number of aromatic amines is 2. The van der Waals surface area contributed by atoms with Gasteiger partial charge in [0.2, 0.25) is 0 Å². The van der Waals surface area contributed by atoms with Gasteiger partial charge in [-0.2, -0.15) is 5.10 Å². The highest BCUT2D eigenvalue weighted by molar-refractivity contribution is 6.08. The second-order valence-electron chi connectivity index (χ2n) is 5.74. The lowest BCUT2D eigenvalue weighted by molar-refractivity contribution is -0.274. The first-order chi connectivity index (χ1) is 11.9. The van der Waals surface area contributed by atoms with Crippen LogP contribution < -0.4 is 9.64 Å². The van der Waals surface area contributed by atoms with Crippen LogP contribution in [0.15, 0.2) is 30.5 Å². The van der Waals surface area contributed by atoms with Crippen molar-refractivity contribution in [3.05, 3.63) is 41.9 Å². The average molecular weight is 350 g/mol. The highest BCUT2D eigenvalue weighted by Crippen LogP contribution is 2.32. The SMILES string of the molecule is O=C(c1cc2c(OC(F)(F)F)cccc2[nH]1)N1CCCc2[nH]ncc21. The summed E-state index contributed by atoms with van der Waals surface area (Å²) in [7, 11) is 0. The summed E-state index contributed by atoms with van der Waals surface area (Å²) in [5.41, 5.74) is 2.16. The van der Waals surface area contributed by atoms with Gasteiger partial charge in [0.15, 0.2) is 0 Å². The quantitative estimate of drug-likeness (QED) is 0.744. The van der Waals surface area contributed by atoms with E-state index in [9.17, 15) is 18.0 Å². The molecule has 0 saturated carbocycles. The number of alkyl halides is 3. The highest BCUT2D eigenvalue weighted by atomic mass is 19.4. The number of ether oxygens (including phenoxy) is 1. The van der Waals surface area contributed by atoms with Crippen LogP contribution in [-0.4, -0.2) is 34.0 Å². The number of hydrogen-bond donors (Lipinski definition) is 2. The van der Waals surface area contributed by atoms with E-state index in [0.717, 1.165) is 18.5 Å². The van der Waals surface area contributed by atoms with Gasteiger partial charge >= 0.3 is 6.36 Å². The predicted octanol–water partition coefficient (Wildman–Crippen LogP) is 3.38. The Morgan fingerprint density at radius 3 is 2.96 bits per heavy atom. The fourth-order valence-corrected chi connectivity index (χ4v) is 3.07. The molecule has 0 aliphatic carbocycles. The fourth-order valence-electron chi connectivity index (χ4n) is 3.07. The van der Waals surface area contributed by atoms with Crippen LogP contribution in [0.5, 0.6) is 5.75 Å². The molecule has 3 heterocycles. The van der Waals surface area contributed by atoms with E-state index < -0.39 is 6.36 Å². The molecule has 1 amide bonds. The van der Waals surface area contributed by atoms with E-state index in [1.165, 1.54) is 18.2 Å². The zero-order chi connectivity index (χ0) is 17.6. The Morgan fingerprint density at radius 1 is 1.32 bits per heavy atom. The topological polar surface area (TPSA) is 74.0 Å². The minimum absolute atomic E-state index is 0.197. The number of rotatable bonds is 2. The molecule has 0 atom stereocenters. The van der Waals surface area contributed by atoms with E-state index in [4.69, 9.17) is 0 Å². The molecule has 3 aromatic rings. The molecule has 25 heavy (non-hydrogen) atoms. The Bertz CT molecular complexity index is 944. The van der Waals surface area contributed by atoms with Gasteiger partial charge in [-0.05, 0) is 31.0 Å². The number of fused-ring (bicyclic) bond motifs is 2. The molecule has 4 rings (SSSR count). The molecule has 0 bridgehead atoms. The maximum Gasteiger partial charge on any atom is 0.573 e. The van der Waals surface area contributed by atoms with Crippen LogP contribution in [0.3, 0.4) is 0 Å². The van der Waals surface area contributed by atoms with Gasteiger partial charge in [0.05, 0.1) is 17.6 Å². The van der Waals surface area contributed by atoms with Crippen molar-refractivity contribution >= 4 is 22.5 Å². The fraction of sp³-hybridized carbons (Fsp3) is 0.250. The second-order valence-corrected chi connectivity index (χ2v) is 5.74. The molecule has 0 unspecified atom stereocenters. The van der Waals surface area contributed by atoms with Crippen LogP contribution in [0.1, 0.15) is 22.6 Å². The third kappa shape index (κ3) is 2.81. The molecule has 1 aromatic carbocycles. The van der Waals surface area contributed by atoms with E-state index in [0.29, 0.717) is 17.7 Å². The van der Waals surface area contributed by atoms with Crippen molar-refractivity contribution in [3.8, 4) is 5.75 Å². The molecule has 1 aliphatic heterocycles. The number of carbonyl (C=O) groups excluding carboxylic acids is 1. The highest BCUT2D eigenvalue weighted by Gasteiger charge is 2.32. The van der Waals surface area contributed by atoms with Crippen LogP contribution >= 0.6 is 0 Å². The standard InChI is InChI=1S/C16H13F3N4O2/c17-16(18,19)25-14-5-1-3-10-9(14)7-12(21-10)15(24)23-6-2-4-11-13(23)8-20-22-11/h1,3,5,7-8,21H,2,4,6H2,(H,20,22). The predicted molar refractivity (Wildman–Crippen MR) is 83.6 cm³/mol. The molecule has 0 saturated heterocycles. The molecule has 1 aliphatic rings. The Balaban J connectivity index is 1.71. The van der Waals surface area contributed by atoms with Crippen molar-refractivity contribution in [2.24, 2.45) is 0 Å². The summed E-state index contributed by atoms with van der Waals surface area (Å²) in [5, 5.41) is 7.01. The van der Waals surface area contributed by atoms with Gasteiger partial charge in [-0.25, -0.2) is 0 Å². The first kappa shape index (κ1) is 15.6. The lowest BCUT2D eigenvalue weighted by Crippen LogP contribution is -2.35. The number of nitrogens with zero attached hydrogens (tertiary/aromatic N) is 2. The number of nitrogens with one attached hydrogen (secondary N) is 2. The van der Waals surface area contributed by atoms with Crippen molar-refractivity contribution < 1.29 is 22.7 Å². The van der Waals surface area contributed by atoms with E-state index in [1.54, 1.807) is 17.2 Å². The van der Waals surface area contributed by atoms with Gasteiger partial charge in [-0.3, -0.25) is 9.89 Å². The Kier molecular flexibility index (Phi) is 3.45. The summed E-state index contributed by atoms with van der Waals surface area (Å²) >= 11 is 0. The monoisotopic (exact) mass is 350 g/mol. The van der Waals surface area contributed by atoms with Gasteiger partial charge in [-0.15, -0.1) is 13.2 Å². The average Bonchev–Trinajstić information content (AvgIpc) is 3.19. The molecule has 2 N–H and O–H groups in total. The van der Waals surface area contributed by atoms with Crippen LogP contribution in [-0.2, 0) is 6.42 Å². The number of anilines is 1. The third-order valence-corrected chi connectivity index (χ3v) is 4.12. The Morgan fingerprint density at radius 2 is 2.16 bits per heavy atom. The largest absolute Gasteiger partial charge is 0.573 e. The number of halogens is 3. The van der Waals surface area contributed by atoms with Crippen molar-refractivity contribution in [1.29, 1.82) is 0 Å². The van der Waals surface area contributed by atoms with Gasteiger partial charge in [0, 0.05) is 17.4 Å². The van der Waals surface area contributed by atoms with Gasteiger partial charge in [0.1, 0.15) is 11.4 Å². The molecule has 0 radical (unpaired) electrons. The molecular formula is C16H13F3N4O2. The Hall–Kier alpha value is -2.97. The molecular weight excluding hydrogens is 337 g/mol. The van der Waals surface area contributed by atoms with Crippen LogP contribution in [0.25, 0.3) is 10.9 Å². The van der Waals surface area contributed by atoms with E-state index in [-0.39, 0.29) is 22.7 Å². The summed E-state index contributed by atoms with van der Waals surface area (Å²) in [6.45, 7) is 0.520. The second kappa shape index (κ2) is 5.54. The van der Waals surface area contributed by atoms with Gasteiger partial charge in [-0.1, -0.05) is 6.07 Å². The molecule has 6 nitrogen and oxygen atoms in total. The lowest BCUT2D eigenvalue weighted by atomic mass is 10.1. The molecule has 9 heteroatoms. The number of H-pyrrole nitrogens is 2. The minimum atomic E-state index is -4.80. The molecule has 0 fully saturated rings. The maximum atomic E-state index is 12.8. The number of aromatic nitrogens is 3. The number of carbonyl (C=O) groups is 1. The van der Waals surface area contributed by atoms with Crippen molar-refractivity contribution in [2.75, 3.05) is 11.4 Å². The Labute approximate surface area is 139 Å². The van der Waals surface area contributed by atoms with Gasteiger partial charge < -0.3 is 14.6 Å². The first-order valence-electron chi connectivity index (χ1n) is 7.64. The molecule has 130 valence electrons. The number of hydrogen-bond acceptors (Lipinski definition) is 3.